The second-order valence-corrected chi connectivity index (χ2v) is 7.28. The van der Waals surface area contributed by atoms with Gasteiger partial charge in [0.1, 0.15) is 0 Å². The van der Waals surface area contributed by atoms with E-state index in [1.807, 2.05) is 38.1 Å². The van der Waals surface area contributed by atoms with Crippen LogP contribution in [0, 0.1) is 13.8 Å². The fourth-order valence-corrected chi connectivity index (χ4v) is 3.73. The topological polar surface area (TPSA) is 37.4 Å². The normalized spacial score (nSPS) is 11.4. The molecule has 5 heteroatoms. The number of benzene rings is 2. The van der Waals surface area contributed by atoms with Crippen LogP contribution < -0.4 is 4.31 Å². The van der Waals surface area contributed by atoms with Gasteiger partial charge in [0.15, 0.2) is 0 Å². The van der Waals surface area contributed by atoms with E-state index < -0.39 is 10.0 Å². The van der Waals surface area contributed by atoms with Gasteiger partial charge in [-0.3, -0.25) is 4.31 Å². The number of anilines is 1. The largest absolute Gasteiger partial charge is 0.269 e. The van der Waals surface area contributed by atoms with Crippen LogP contribution in [0.25, 0.3) is 0 Å². The molecule has 0 aromatic heterocycles. The van der Waals surface area contributed by atoms with Crippen molar-refractivity contribution in [1.29, 1.82) is 0 Å². The van der Waals surface area contributed by atoms with E-state index in [-0.39, 0.29) is 10.8 Å². The molecule has 0 bridgehead atoms. The highest BCUT2D eigenvalue weighted by Crippen LogP contribution is 2.26. The summed E-state index contributed by atoms with van der Waals surface area (Å²) in [5.41, 5.74) is 3.49. The molecule has 0 aliphatic rings. The van der Waals surface area contributed by atoms with Gasteiger partial charge in [-0.25, -0.2) is 8.42 Å². The maximum Gasteiger partial charge on any atom is 0.264 e. The van der Waals surface area contributed by atoms with E-state index in [9.17, 15) is 8.42 Å². The van der Waals surface area contributed by atoms with Gasteiger partial charge in [0, 0.05) is 12.9 Å². The van der Waals surface area contributed by atoms with Crippen LogP contribution in [0.4, 0.5) is 5.69 Å². The highest BCUT2D eigenvalue weighted by atomic mass is 35.5. The average molecular weight is 324 g/mol. The van der Waals surface area contributed by atoms with Gasteiger partial charge in [-0.2, -0.15) is 0 Å². The minimum absolute atomic E-state index is 0.253. The third kappa shape index (κ3) is 3.22. The van der Waals surface area contributed by atoms with Crippen molar-refractivity contribution in [3.8, 4) is 0 Å². The highest BCUT2D eigenvalue weighted by molar-refractivity contribution is 7.92. The number of aryl methyl sites for hydroxylation is 2. The first-order valence-corrected chi connectivity index (χ1v) is 8.55. The Labute approximate surface area is 131 Å². The van der Waals surface area contributed by atoms with Gasteiger partial charge in [-0.15, -0.1) is 11.6 Å². The molecule has 0 radical (unpaired) electrons. The minimum Gasteiger partial charge on any atom is -0.269 e. The summed E-state index contributed by atoms with van der Waals surface area (Å²) in [6.07, 6.45) is 0. The maximum absolute atomic E-state index is 12.7. The van der Waals surface area contributed by atoms with E-state index in [2.05, 4.69) is 0 Å². The van der Waals surface area contributed by atoms with E-state index in [0.717, 1.165) is 16.7 Å². The Morgan fingerprint density at radius 1 is 1.10 bits per heavy atom. The monoisotopic (exact) mass is 323 g/mol. The van der Waals surface area contributed by atoms with Crippen molar-refractivity contribution in [2.75, 3.05) is 11.4 Å². The van der Waals surface area contributed by atoms with Crippen molar-refractivity contribution >= 4 is 27.3 Å². The smallest absolute Gasteiger partial charge is 0.264 e. The Morgan fingerprint density at radius 3 is 2.43 bits per heavy atom. The molecule has 0 unspecified atom stereocenters. The van der Waals surface area contributed by atoms with Crippen LogP contribution in [-0.2, 0) is 15.9 Å². The van der Waals surface area contributed by atoms with Crippen LogP contribution in [0.5, 0.6) is 0 Å². The van der Waals surface area contributed by atoms with E-state index in [0.29, 0.717) is 5.69 Å². The second-order valence-electron chi connectivity index (χ2n) is 5.04. The third-order valence-corrected chi connectivity index (χ3v) is 5.48. The Kier molecular flexibility index (Phi) is 4.59. The molecular formula is C16H18ClNO2S. The van der Waals surface area contributed by atoms with Gasteiger partial charge in [-0.05, 0) is 43.2 Å². The highest BCUT2D eigenvalue weighted by Gasteiger charge is 2.22. The summed E-state index contributed by atoms with van der Waals surface area (Å²) in [7, 11) is -2.02. The predicted octanol–water partition coefficient (Wildman–Crippen LogP) is 3.87. The molecule has 0 aliphatic carbocycles. The first-order chi connectivity index (χ1) is 9.86. The zero-order valence-corrected chi connectivity index (χ0v) is 13.9. The molecule has 2 aromatic carbocycles. The Bertz CT molecular complexity index is 757. The van der Waals surface area contributed by atoms with Gasteiger partial charge < -0.3 is 0 Å². The van der Waals surface area contributed by atoms with Crippen LogP contribution in [0.1, 0.15) is 16.7 Å². The average Bonchev–Trinajstić information content (AvgIpc) is 2.46. The third-order valence-electron chi connectivity index (χ3n) is 3.40. The molecule has 0 fully saturated rings. The molecule has 21 heavy (non-hydrogen) atoms. The van der Waals surface area contributed by atoms with Crippen LogP contribution in [0.3, 0.4) is 0 Å². The van der Waals surface area contributed by atoms with E-state index in [4.69, 9.17) is 11.6 Å². The first kappa shape index (κ1) is 15.9. The summed E-state index contributed by atoms with van der Waals surface area (Å²) in [4.78, 5) is 0.253. The van der Waals surface area contributed by atoms with Crippen molar-refractivity contribution < 1.29 is 8.42 Å². The summed E-state index contributed by atoms with van der Waals surface area (Å²) < 4.78 is 26.8. The van der Waals surface area contributed by atoms with Gasteiger partial charge in [0.05, 0.1) is 10.6 Å². The molecule has 0 N–H and O–H groups in total. The molecule has 2 aromatic rings. The molecule has 0 aliphatic heterocycles. The number of alkyl halides is 1. The van der Waals surface area contributed by atoms with Crippen LogP contribution >= 0.6 is 11.6 Å². The molecule has 0 heterocycles. The van der Waals surface area contributed by atoms with Gasteiger partial charge in [0.25, 0.3) is 10.0 Å². The standard InChI is InChI=1S/C16H18ClNO2S/c1-12-7-8-16(13(2)9-12)18(3)21(19,20)15-6-4-5-14(10-15)11-17/h4-10H,11H2,1-3H3. The summed E-state index contributed by atoms with van der Waals surface area (Å²) in [5.74, 6) is 0.288. The van der Waals surface area contributed by atoms with E-state index in [1.54, 1.807) is 25.2 Å². The summed E-state index contributed by atoms with van der Waals surface area (Å²) >= 11 is 5.78. The lowest BCUT2D eigenvalue weighted by molar-refractivity contribution is 0.594. The van der Waals surface area contributed by atoms with Crippen LogP contribution in [0.2, 0.25) is 0 Å². The van der Waals surface area contributed by atoms with Gasteiger partial charge in [-0.1, -0.05) is 29.8 Å². The van der Waals surface area contributed by atoms with Crippen LogP contribution in [-0.4, -0.2) is 15.5 Å². The van der Waals surface area contributed by atoms with Crippen molar-refractivity contribution in [3.05, 3.63) is 59.2 Å². The number of hydrogen-bond acceptors (Lipinski definition) is 2. The fraction of sp³-hybridized carbons (Fsp3) is 0.250. The molecule has 0 spiro atoms. The Morgan fingerprint density at radius 2 is 1.81 bits per heavy atom. The number of hydrogen-bond donors (Lipinski definition) is 0. The summed E-state index contributed by atoms with van der Waals surface area (Å²) in [5, 5.41) is 0. The lowest BCUT2D eigenvalue weighted by Crippen LogP contribution is -2.27. The second kappa shape index (κ2) is 6.08. The lowest BCUT2D eigenvalue weighted by atomic mass is 10.1. The molecular weight excluding hydrogens is 306 g/mol. The molecule has 0 amide bonds. The molecule has 2 rings (SSSR count). The lowest BCUT2D eigenvalue weighted by Gasteiger charge is -2.22. The van der Waals surface area contributed by atoms with Gasteiger partial charge >= 0.3 is 0 Å². The number of sulfonamides is 1. The number of nitrogens with zero attached hydrogens (tertiary/aromatic N) is 1. The fourth-order valence-electron chi connectivity index (χ4n) is 2.24. The Balaban J connectivity index is 2.47. The minimum atomic E-state index is -3.59. The number of halogens is 1. The van der Waals surface area contributed by atoms with E-state index >= 15 is 0 Å². The zero-order chi connectivity index (χ0) is 15.6. The van der Waals surface area contributed by atoms with Crippen molar-refractivity contribution in [1.82, 2.24) is 0 Å². The summed E-state index contributed by atoms with van der Waals surface area (Å²) in [6, 6.07) is 12.4. The molecule has 0 saturated heterocycles. The quantitative estimate of drug-likeness (QED) is 0.801. The molecule has 0 saturated carbocycles. The van der Waals surface area contributed by atoms with E-state index in [1.165, 1.54) is 4.31 Å². The van der Waals surface area contributed by atoms with Crippen molar-refractivity contribution in [2.45, 2.75) is 24.6 Å². The molecule has 3 nitrogen and oxygen atoms in total. The predicted molar refractivity (Wildman–Crippen MR) is 87.5 cm³/mol. The SMILES string of the molecule is Cc1ccc(N(C)S(=O)(=O)c2cccc(CCl)c2)c(C)c1. The maximum atomic E-state index is 12.7. The molecule has 112 valence electrons. The van der Waals surface area contributed by atoms with Crippen molar-refractivity contribution in [3.63, 3.8) is 0 Å². The first-order valence-electron chi connectivity index (χ1n) is 6.57. The van der Waals surface area contributed by atoms with Crippen LogP contribution in [0.15, 0.2) is 47.4 Å². The number of rotatable bonds is 4. The van der Waals surface area contributed by atoms with Gasteiger partial charge in [0.2, 0.25) is 0 Å². The molecule has 0 atom stereocenters. The Hall–Kier alpha value is -1.52. The zero-order valence-electron chi connectivity index (χ0n) is 12.3. The van der Waals surface area contributed by atoms with Crippen molar-refractivity contribution in [2.24, 2.45) is 0 Å². The summed E-state index contributed by atoms with van der Waals surface area (Å²) in [6.45, 7) is 3.89.